The van der Waals surface area contributed by atoms with Gasteiger partial charge < -0.3 is 9.88 Å². The van der Waals surface area contributed by atoms with Gasteiger partial charge in [-0.3, -0.25) is 9.69 Å². The van der Waals surface area contributed by atoms with Crippen LogP contribution < -0.4 is 0 Å². The number of para-hydroxylation sites is 1. The number of H-pyrrole nitrogens is 1. The SMILES string of the molecule is N#Cc1ccc(CN2CCN(C(=O)Cc3c[nH]c4ccccc34)CC2)cc1. The lowest BCUT2D eigenvalue weighted by Gasteiger charge is -2.34. The molecule has 0 spiro atoms. The van der Waals surface area contributed by atoms with Crippen molar-refractivity contribution >= 4 is 16.8 Å². The van der Waals surface area contributed by atoms with Crippen molar-refractivity contribution in [3.63, 3.8) is 0 Å². The van der Waals surface area contributed by atoms with Gasteiger partial charge in [0.1, 0.15) is 0 Å². The van der Waals surface area contributed by atoms with E-state index in [9.17, 15) is 4.79 Å². The number of nitrogens with one attached hydrogen (secondary N) is 1. The molecule has 3 aromatic rings. The van der Waals surface area contributed by atoms with E-state index >= 15 is 0 Å². The summed E-state index contributed by atoms with van der Waals surface area (Å²) in [5.74, 6) is 0.192. The van der Waals surface area contributed by atoms with Crippen molar-refractivity contribution < 1.29 is 4.79 Å². The first-order valence-electron chi connectivity index (χ1n) is 9.27. The van der Waals surface area contributed by atoms with Crippen LogP contribution in [0.5, 0.6) is 0 Å². The molecule has 0 bridgehead atoms. The van der Waals surface area contributed by atoms with Crippen LogP contribution in [0.1, 0.15) is 16.7 Å². The van der Waals surface area contributed by atoms with Crippen LogP contribution in [0.3, 0.4) is 0 Å². The summed E-state index contributed by atoms with van der Waals surface area (Å²) >= 11 is 0. The zero-order valence-electron chi connectivity index (χ0n) is 15.2. The number of aromatic amines is 1. The number of hydrogen-bond acceptors (Lipinski definition) is 3. The lowest BCUT2D eigenvalue weighted by molar-refractivity contribution is -0.132. The smallest absolute Gasteiger partial charge is 0.227 e. The summed E-state index contributed by atoms with van der Waals surface area (Å²) in [7, 11) is 0. The fraction of sp³-hybridized carbons (Fsp3) is 0.273. The van der Waals surface area contributed by atoms with Gasteiger partial charge in [0.2, 0.25) is 5.91 Å². The highest BCUT2D eigenvalue weighted by molar-refractivity contribution is 5.88. The first-order valence-corrected chi connectivity index (χ1v) is 9.27. The molecule has 2 heterocycles. The van der Waals surface area contributed by atoms with Gasteiger partial charge in [0.15, 0.2) is 0 Å². The van der Waals surface area contributed by atoms with Gasteiger partial charge in [-0.15, -0.1) is 0 Å². The van der Waals surface area contributed by atoms with Gasteiger partial charge >= 0.3 is 0 Å². The van der Waals surface area contributed by atoms with Gasteiger partial charge in [0.25, 0.3) is 0 Å². The highest BCUT2D eigenvalue weighted by Crippen LogP contribution is 2.19. The maximum atomic E-state index is 12.7. The first kappa shape index (κ1) is 17.3. The van der Waals surface area contributed by atoms with E-state index in [1.807, 2.05) is 53.6 Å². The van der Waals surface area contributed by atoms with Crippen LogP contribution in [0.2, 0.25) is 0 Å². The fourth-order valence-corrected chi connectivity index (χ4v) is 3.65. The maximum absolute atomic E-state index is 12.7. The third-order valence-electron chi connectivity index (χ3n) is 5.23. The second-order valence-electron chi connectivity index (χ2n) is 7.00. The van der Waals surface area contributed by atoms with E-state index in [1.165, 1.54) is 5.56 Å². The molecule has 5 nitrogen and oxygen atoms in total. The number of nitriles is 1. The van der Waals surface area contributed by atoms with Crippen LogP contribution in [0.25, 0.3) is 10.9 Å². The Kier molecular flexibility index (Phi) is 4.91. The summed E-state index contributed by atoms with van der Waals surface area (Å²) in [6.07, 6.45) is 2.39. The van der Waals surface area contributed by atoms with Crippen molar-refractivity contribution in [3.8, 4) is 6.07 Å². The minimum atomic E-state index is 0.192. The van der Waals surface area contributed by atoms with E-state index < -0.39 is 0 Å². The standard InChI is InChI=1S/C22H22N4O/c23-14-17-5-7-18(8-6-17)16-25-9-11-26(12-10-25)22(27)13-19-15-24-21-4-2-1-3-20(19)21/h1-8,15,24H,9-13,16H2. The molecule has 2 aromatic carbocycles. The molecule has 0 radical (unpaired) electrons. The minimum absolute atomic E-state index is 0.192. The second-order valence-corrected chi connectivity index (χ2v) is 7.00. The van der Waals surface area contributed by atoms with E-state index in [0.717, 1.165) is 49.2 Å². The minimum Gasteiger partial charge on any atom is -0.361 e. The zero-order valence-corrected chi connectivity index (χ0v) is 15.2. The van der Waals surface area contributed by atoms with Crippen molar-refractivity contribution in [1.82, 2.24) is 14.8 Å². The number of hydrogen-bond donors (Lipinski definition) is 1. The highest BCUT2D eigenvalue weighted by atomic mass is 16.2. The van der Waals surface area contributed by atoms with Gasteiger partial charge in [-0.1, -0.05) is 30.3 Å². The molecule has 1 aliphatic heterocycles. The van der Waals surface area contributed by atoms with E-state index in [2.05, 4.69) is 22.0 Å². The molecule has 0 saturated carbocycles. The molecule has 1 saturated heterocycles. The third kappa shape index (κ3) is 3.86. The Morgan fingerprint density at radius 1 is 1.04 bits per heavy atom. The summed E-state index contributed by atoms with van der Waals surface area (Å²) in [5.41, 5.74) is 4.03. The van der Waals surface area contributed by atoms with Crippen molar-refractivity contribution in [2.24, 2.45) is 0 Å². The topological polar surface area (TPSA) is 63.1 Å². The van der Waals surface area contributed by atoms with Gasteiger partial charge in [-0.2, -0.15) is 5.26 Å². The van der Waals surface area contributed by atoms with Gasteiger partial charge in [-0.25, -0.2) is 0 Å². The molecule has 5 heteroatoms. The molecular formula is C22H22N4O. The number of fused-ring (bicyclic) bond motifs is 1. The molecule has 0 unspecified atom stereocenters. The molecule has 27 heavy (non-hydrogen) atoms. The number of nitrogens with zero attached hydrogens (tertiary/aromatic N) is 3. The Labute approximate surface area is 158 Å². The first-order chi connectivity index (χ1) is 13.2. The summed E-state index contributed by atoms with van der Waals surface area (Å²) in [6.45, 7) is 4.13. The van der Waals surface area contributed by atoms with Crippen LogP contribution in [-0.2, 0) is 17.8 Å². The average Bonchev–Trinajstić information content (AvgIpc) is 3.12. The van der Waals surface area contributed by atoms with Gasteiger partial charge in [0, 0.05) is 49.8 Å². The monoisotopic (exact) mass is 358 g/mol. The van der Waals surface area contributed by atoms with Crippen LogP contribution in [0, 0.1) is 11.3 Å². The van der Waals surface area contributed by atoms with Crippen LogP contribution in [0.15, 0.2) is 54.7 Å². The van der Waals surface area contributed by atoms with Crippen LogP contribution in [0.4, 0.5) is 0 Å². The number of rotatable bonds is 4. The Hall–Kier alpha value is -3.10. The number of carbonyl (C=O) groups excluding carboxylic acids is 1. The third-order valence-corrected chi connectivity index (χ3v) is 5.23. The normalized spacial score (nSPS) is 15.0. The molecular weight excluding hydrogens is 336 g/mol. The maximum Gasteiger partial charge on any atom is 0.227 e. The number of carbonyl (C=O) groups is 1. The quantitative estimate of drug-likeness (QED) is 0.780. The Morgan fingerprint density at radius 2 is 1.78 bits per heavy atom. The summed E-state index contributed by atoms with van der Waals surface area (Å²) in [5, 5.41) is 10.0. The van der Waals surface area contributed by atoms with Crippen LogP contribution in [-0.4, -0.2) is 46.9 Å². The van der Waals surface area contributed by atoms with Crippen molar-refractivity contribution in [2.75, 3.05) is 26.2 Å². The largest absolute Gasteiger partial charge is 0.361 e. The van der Waals surface area contributed by atoms with Crippen LogP contribution >= 0.6 is 0 Å². The lowest BCUT2D eigenvalue weighted by Crippen LogP contribution is -2.48. The van der Waals surface area contributed by atoms with Crippen molar-refractivity contribution in [1.29, 1.82) is 5.26 Å². The molecule has 1 N–H and O–H groups in total. The average molecular weight is 358 g/mol. The summed E-state index contributed by atoms with van der Waals surface area (Å²) in [4.78, 5) is 20.3. The molecule has 0 atom stereocenters. The molecule has 4 rings (SSSR count). The molecule has 1 amide bonds. The number of piperazine rings is 1. The Balaban J connectivity index is 1.32. The second kappa shape index (κ2) is 7.65. The molecule has 0 aliphatic carbocycles. The van der Waals surface area contributed by atoms with Crippen molar-refractivity contribution in [2.45, 2.75) is 13.0 Å². The van der Waals surface area contributed by atoms with E-state index in [1.54, 1.807) is 0 Å². The Morgan fingerprint density at radius 3 is 2.52 bits per heavy atom. The molecule has 1 aliphatic rings. The predicted octanol–water partition coefficient (Wildman–Crippen LogP) is 2.93. The number of aromatic nitrogens is 1. The summed E-state index contributed by atoms with van der Waals surface area (Å²) < 4.78 is 0. The Bertz CT molecular complexity index is 975. The number of benzene rings is 2. The lowest BCUT2D eigenvalue weighted by atomic mass is 10.1. The number of amides is 1. The highest BCUT2D eigenvalue weighted by Gasteiger charge is 2.22. The predicted molar refractivity (Wildman–Crippen MR) is 105 cm³/mol. The summed E-state index contributed by atoms with van der Waals surface area (Å²) in [6, 6.07) is 18.0. The van der Waals surface area contributed by atoms with E-state index in [4.69, 9.17) is 5.26 Å². The molecule has 136 valence electrons. The zero-order chi connectivity index (χ0) is 18.6. The van der Waals surface area contributed by atoms with Gasteiger partial charge in [-0.05, 0) is 29.3 Å². The van der Waals surface area contributed by atoms with Crippen molar-refractivity contribution in [3.05, 3.63) is 71.4 Å². The van der Waals surface area contributed by atoms with Gasteiger partial charge in [0.05, 0.1) is 18.1 Å². The molecule has 1 fully saturated rings. The van der Waals surface area contributed by atoms with E-state index in [-0.39, 0.29) is 5.91 Å². The molecule has 1 aromatic heterocycles. The fourth-order valence-electron chi connectivity index (χ4n) is 3.65. The van der Waals surface area contributed by atoms with E-state index in [0.29, 0.717) is 12.0 Å².